The Balaban J connectivity index is 1.94. The first-order valence-corrected chi connectivity index (χ1v) is 8.27. The SMILES string of the molecule is CCC(CC)(NC(=O)N1CCC2(CCCC2)CC1)C(=O)O. The largest absolute Gasteiger partial charge is 0.480 e. The summed E-state index contributed by atoms with van der Waals surface area (Å²) in [5.74, 6) is -0.940. The molecule has 1 aliphatic heterocycles. The van der Waals surface area contributed by atoms with Gasteiger partial charge in [-0.25, -0.2) is 9.59 Å². The maximum Gasteiger partial charge on any atom is 0.329 e. The van der Waals surface area contributed by atoms with Gasteiger partial charge in [-0.3, -0.25) is 0 Å². The van der Waals surface area contributed by atoms with Crippen molar-refractivity contribution in [1.29, 1.82) is 0 Å². The predicted molar refractivity (Wildman–Crippen MR) is 81.2 cm³/mol. The van der Waals surface area contributed by atoms with E-state index < -0.39 is 11.5 Å². The second-order valence-corrected chi connectivity index (χ2v) is 6.72. The Kier molecular flexibility index (Phi) is 4.79. The minimum absolute atomic E-state index is 0.214. The number of carbonyl (C=O) groups is 2. The van der Waals surface area contributed by atoms with Crippen LogP contribution in [0.5, 0.6) is 0 Å². The van der Waals surface area contributed by atoms with Crippen LogP contribution in [-0.2, 0) is 4.79 Å². The third-order valence-electron chi connectivity index (χ3n) is 5.74. The molecule has 1 spiro atoms. The second kappa shape index (κ2) is 6.24. The van der Waals surface area contributed by atoms with E-state index in [0.717, 1.165) is 25.9 Å². The van der Waals surface area contributed by atoms with Crippen molar-refractivity contribution in [2.45, 2.75) is 70.8 Å². The zero-order valence-corrected chi connectivity index (χ0v) is 13.3. The van der Waals surface area contributed by atoms with Crippen LogP contribution in [0.1, 0.15) is 65.2 Å². The number of nitrogens with one attached hydrogen (secondary N) is 1. The summed E-state index contributed by atoms with van der Waals surface area (Å²) in [6.45, 7) is 5.13. The van der Waals surface area contributed by atoms with Crippen molar-refractivity contribution in [3.8, 4) is 0 Å². The van der Waals surface area contributed by atoms with E-state index in [1.54, 1.807) is 4.90 Å². The summed E-state index contributed by atoms with van der Waals surface area (Å²) in [6, 6.07) is -0.214. The van der Waals surface area contributed by atoms with Gasteiger partial charge in [-0.2, -0.15) is 0 Å². The second-order valence-electron chi connectivity index (χ2n) is 6.72. The van der Waals surface area contributed by atoms with E-state index in [1.165, 1.54) is 25.7 Å². The van der Waals surface area contributed by atoms with E-state index in [9.17, 15) is 14.7 Å². The molecule has 5 nitrogen and oxygen atoms in total. The molecule has 0 unspecified atom stereocenters. The summed E-state index contributed by atoms with van der Waals surface area (Å²) in [6.07, 6.45) is 8.18. The van der Waals surface area contributed by atoms with Crippen LogP contribution in [0.2, 0.25) is 0 Å². The molecule has 2 N–H and O–H groups in total. The first kappa shape index (κ1) is 16.1. The van der Waals surface area contributed by atoms with Crippen molar-refractivity contribution in [2.75, 3.05) is 13.1 Å². The monoisotopic (exact) mass is 296 g/mol. The van der Waals surface area contributed by atoms with Crippen molar-refractivity contribution in [1.82, 2.24) is 10.2 Å². The van der Waals surface area contributed by atoms with Gasteiger partial charge in [0.2, 0.25) is 0 Å². The number of piperidine rings is 1. The fraction of sp³-hybridized carbons (Fsp3) is 0.875. The number of carboxylic acid groups (broad SMARTS) is 1. The Hall–Kier alpha value is -1.26. The molecule has 21 heavy (non-hydrogen) atoms. The lowest BCUT2D eigenvalue weighted by atomic mass is 9.77. The zero-order valence-electron chi connectivity index (χ0n) is 13.3. The van der Waals surface area contributed by atoms with Crippen molar-refractivity contribution in [2.24, 2.45) is 5.41 Å². The minimum atomic E-state index is -1.13. The van der Waals surface area contributed by atoms with Gasteiger partial charge in [0.1, 0.15) is 5.54 Å². The van der Waals surface area contributed by atoms with Crippen molar-refractivity contribution in [3.05, 3.63) is 0 Å². The molecule has 120 valence electrons. The lowest BCUT2D eigenvalue weighted by Crippen LogP contribution is -2.58. The molecule has 0 aromatic rings. The van der Waals surface area contributed by atoms with E-state index in [-0.39, 0.29) is 6.03 Å². The van der Waals surface area contributed by atoms with Gasteiger partial charge in [0, 0.05) is 13.1 Å². The normalized spacial score (nSPS) is 21.5. The molecule has 0 bridgehead atoms. The fourth-order valence-electron chi connectivity index (χ4n) is 3.88. The van der Waals surface area contributed by atoms with E-state index in [4.69, 9.17) is 0 Å². The van der Waals surface area contributed by atoms with Crippen LogP contribution in [0.4, 0.5) is 4.79 Å². The smallest absolute Gasteiger partial charge is 0.329 e. The van der Waals surface area contributed by atoms with Crippen LogP contribution in [0, 0.1) is 5.41 Å². The van der Waals surface area contributed by atoms with E-state index in [0.29, 0.717) is 18.3 Å². The predicted octanol–water partition coefficient (Wildman–Crippen LogP) is 3.00. The molecule has 1 saturated heterocycles. The number of hydrogen-bond acceptors (Lipinski definition) is 2. The van der Waals surface area contributed by atoms with Gasteiger partial charge in [0.25, 0.3) is 0 Å². The molecule has 5 heteroatoms. The van der Waals surface area contributed by atoms with Gasteiger partial charge in [-0.1, -0.05) is 26.7 Å². The van der Waals surface area contributed by atoms with Crippen molar-refractivity contribution in [3.63, 3.8) is 0 Å². The first-order valence-electron chi connectivity index (χ1n) is 8.27. The highest BCUT2D eigenvalue weighted by Gasteiger charge is 2.41. The summed E-state index contributed by atoms with van der Waals surface area (Å²) in [7, 11) is 0. The van der Waals surface area contributed by atoms with Crippen molar-refractivity contribution >= 4 is 12.0 Å². The standard InChI is InChI=1S/C16H28N2O3/c1-3-16(4-2,13(19)20)17-14(21)18-11-9-15(10-12-18)7-5-6-8-15/h3-12H2,1-2H3,(H,17,21)(H,19,20). The maximum atomic E-state index is 12.4. The van der Waals surface area contributed by atoms with E-state index in [1.807, 2.05) is 13.8 Å². The maximum absolute atomic E-state index is 12.4. The number of nitrogens with zero attached hydrogens (tertiary/aromatic N) is 1. The molecule has 0 atom stereocenters. The molecular weight excluding hydrogens is 268 g/mol. The molecule has 2 fully saturated rings. The quantitative estimate of drug-likeness (QED) is 0.838. The van der Waals surface area contributed by atoms with Crippen molar-refractivity contribution < 1.29 is 14.7 Å². The lowest BCUT2D eigenvalue weighted by Gasteiger charge is -2.40. The van der Waals surface area contributed by atoms with Gasteiger partial charge in [0.05, 0.1) is 0 Å². The lowest BCUT2D eigenvalue weighted by molar-refractivity contribution is -0.144. The molecule has 2 rings (SSSR count). The summed E-state index contributed by atoms with van der Waals surface area (Å²) in [4.78, 5) is 25.7. The molecule has 2 aliphatic rings. The number of aliphatic carboxylic acids is 1. The number of carboxylic acids is 1. The summed E-state index contributed by atoms with van der Waals surface area (Å²) in [5, 5.41) is 12.2. The Bertz CT molecular complexity index is 388. The Morgan fingerprint density at radius 2 is 1.62 bits per heavy atom. The number of rotatable bonds is 4. The Labute approximate surface area is 127 Å². The van der Waals surface area contributed by atoms with Crippen LogP contribution < -0.4 is 5.32 Å². The number of carbonyl (C=O) groups excluding carboxylic acids is 1. The highest BCUT2D eigenvalue weighted by Crippen LogP contribution is 2.46. The topological polar surface area (TPSA) is 69.6 Å². The molecule has 0 aromatic carbocycles. The van der Waals surface area contributed by atoms with E-state index >= 15 is 0 Å². The van der Waals surface area contributed by atoms with Gasteiger partial charge in [-0.05, 0) is 43.9 Å². The first-order chi connectivity index (χ1) is 9.97. The average Bonchev–Trinajstić information content (AvgIpc) is 2.93. The number of likely N-dealkylation sites (tertiary alicyclic amines) is 1. The number of hydrogen-bond donors (Lipinski definition) is 2. The molecule has 1 aliphatic carbocycles. The minimum Gasteiger partial charge on any atom is -0.480 e. The highest BCUT2D eigenvalue weighted by molar-refractivity contribution is 5.86. The molecule has 1 heterocycles. The highest BCUT2D eigenvalue weighted by atomic mass is 16.4. The van der Waals surface area contributed by atoms with Crippen LogP contribution in [0.3, 0.4) is 0 Å². The summed E-state index contributed by atoms with van der Waals surface area (Å²) < 4.78 is 0. The third kappa shape index (κ3) is 3.16. The van der Waals surface area contributed by atoms with Crippen LogP contribution >= 0.6 is 0 Å². The third-order valence-corrected chi connectivity index (χ3v) is 5.74. The summed E-state index contributed by atoms with van der Waals surface area (Å²) >= 11 is 0. The van der Waals surface area contributed by atoms with E-state index in [2.05, 4.69) is 5.32 Å². The van der Waals surface area contributed by atoms with Crippen LogP contribution in [0.25, 0.3) is 0 Å². The van der Waals surface area contributed by atoms with Gasteiger partial charge >= 0.3 is 12.0 Å². The molecule has 2 amide bonds. The Morgan fingerprint density at radius 3 is 2.05 bits per heavy atom. The number of urea groups is 1. The number of amides is 2. The molecule has 0 aromatic heterocycles. The molecule has 1 saturated carbocycles. The van der Waals surface area contributed by atoms with Gasteiger partial charge < -0.3 is 15.3 Å². The molecule has 0 radical (unpaired) electrons. The zero-order chi connectivity index (χ0) is 15.5. The molecular formula is C16H28N2O3. The van der Waals surface area contributed by atoms with Gasteiger partial charge in [0.15, 0.2) is 0 Å². The Morgan fingerprint density at radius 1 is 1.10 bits per heavy atom. The van der Waals surface area contributed by atoms with Crippen LogP contribution in [-0.4, -0.2) is 40.6 Å². The summed E-state index contributed by atoms with van der Waals surface area (Å²) in [5.41, 5.74) is -0.657. The fourth-order valence-corrected chi connectivity index (χ4v) is 3.88. The average molecular weight is 296 g/mol. The van der Waals surface area contributed by atoms with Gasteiger partial charge in [-0.15, -0.1) is 0 Å². The van der Waals surface area contributed by atoms with Crippen LogP contribution in [0.15, 0.2) is 0 Å².